The van der Waals surface area contributed by atoms with Gasteiger partial charge in [-0.15, -0.1) is 0 Å². The number of hydrogen-bond donors (Lipinski definition) is 3. The van der Waals surface area contributed by atoms with Crippen molar-refractivity contribution in [2.24, 2.45) is 0 Å². The summed E-state index contributed by atoms with van der Waals surface area (Å²) in [5, 5.41) is 18.2. The van der Waals surface area contributed by atoms with Crippen molar-refractivity contribution < 1.29 is 47.8 Å². The minimum atomic E-state index is -4.60. The minimum Gasteiger partial charge on any atom is -0.462 e. The molecule has 260 valence electrons. The van der Waals surface area contributed by atoms with Crippen LogP contribution in [0.25, 0.3) is 0 Å². The predicted octanol–water partition coefficient (Wildman–Crippen LogP) is 7.72. The molecule has 44 heavy (non-hydrogen) atoms. The van der Waals surface area contributed by atoms with E-state index in [9.17, 15) is 24.2 Å². The number of unbranched alkanes of at least 4 members (excludes halogenated alkanes) is 17. The Morgan fingerprint density at radius 3 is 1.70 bits per heavy atom. The number of ether oxygens (including phenoxy) is 2. The Morgan fingerprint density at radius 2 is 1.18 bits per heavy atom. The fourth-order valence-corrected chi connectivity index (χ4v) is 5.37. The lowest BCUT2D eigenvalue weighted by Gasteiger charge is -2.20. The monoisotopic (exact) mass is 650 g/mol. The van der Waals surface area contributed by atoms with E-state index in [0.29, 0.717) is 12.8 Å². The van der Waals surface area contributed by atoms with E-state index in [2.05, 4.69) is 23.6 Å². The first-order chi connectivity index (χ1) is 21.2. The molecule has 0 fully saturated rings. The first-order valence-corrected chi connectivity index (χ1v) is 18.6. The summed E-state index contributed by atoms with van der Waals surface area (Å²) >= 11 is 0. The third kappa shape index (κ3) is 29.4. The van der Waals surface area contributed by atoms with Gasteiger partial charge in [-0.05, 0) is 32.6 Å². The van der Waals surface area contributed by atoms with Crippen molar-refractivity contribution in [2.75, 3.05) is 26.4 Å². The van der Waals surface area contributed by atoms with E-state index in [1.807, 2.05) is 6.92 Å². The van der Waals surface area contributed by atoms with E-state index in [1.165, 1.54) is 64.2 Å². The number of aliphatic hydroxyl groups excluding tert-OH is 2. The van der Waals surface area contributed by atoms with Crippen molar-refractivity contribution in [3.63, 3.8) is 0 Å². The number of aliphatic hydroxyl groups is 2. The van der Waals surface area contributed by atoms with Crippen LogP contribution in [0, 0.1) is 0 Å². The third-order valence-corrected chi connectivity index (χ3v) is 8.22. The van der Waals surface area contributed by atoms with Gasteiger partial charge in [-0.2, -0.15) is 0 Å². The summed E-state index contributed by atoms with van der Waals surface area (Å²) in [5.74, 6) is -0.932. The Hall–Kier alpha value is -1.29. The zero-order valence-electron chi connectivity index (χ0n) is 27.6. The highest BCUT2D eigenvalue weighted by atomic mass is 31.2. The topological polar surface area (TPSA) is 149 Å². The summed E-state index contributed by atoms with van der Waals surface area (Å²) in [6.45, 7) is 2.14. The van der Waals surface area contributed by atoms with Crippen molar-refractivity contribution in [3.05, 3.63) is 12.2 Å². The molecular formula is C33H63O10P. The number of esters is 2. The van der Waals surface area contributed by atoms with Gasteiger partial charge in [0, 0.05) is 12.8 Å². The number of phosphoric acid groups is 1. The van der Waals surface area contributed by atoms with Gasteiger partial charge in [0.2, 0.25) is 0 Å². The Kier molecular flexibility index (Phi) is 29.5. The molecular weight excluding hydrogens is 587 g/mol. The summed E-state index contributed by atoms with van der Waals surface area (Å²) in [5.41, 5.74) is 0. The van der Waals surface area contributed by atoms with Crippen molar-refractivity contribution in [3.8, 4) is 0 Å². The van der Waals surface area contributed by atoms with Gasteiger partial charge < -0.3 is 24.6 Å². The fourth-order valence-electron chi connectivity index (χ4n) is 4.58. The largest absolute Gasteiger partial charge is 0.472 e. The van der Waals surface area contributed by atoms with Gasteiger partial charge in [-0.25, -0.2) is 4.57 Å². The average molecular weight is 651 g/mol. The number of rotatable bonds is 32. The van der Waals surface area contributed by atoms with Crippen LogP contribution >= 0.6 is 7.82 Å². The lowest BCUT2D eigenvalue weighted by Crippen LogP contribution is -2.29. The second-order valence-corrected chi connectivity index (χ2v) is 13.0. The van der Waals surface area contributed by atoms with Gasteiger partial charge >= 0.3 is 19.8 Å². The maximum Gasteiger partial charge on any atom is 0.472 e. The summed E-state index contributed by atoms with van der Waals surface area (Å²) in [6, 6.07) is 0. The second-order valence-electron chi connectivity index (χ2n) is 11.6. The number of carbonyl (C=O) groups is 2. The zero-order chi connectivity index (χ0) is 32.7. The molecule has 10 nitrogen and oxygen atoms in total. The van der Waals surface area contributed by atoms with Gasteiger partial charge in [-0.1, -0.05) is 115 Å². The highest BCUT2D eigenvalue weighted by molar-refractivity contribution is 7.47. The number of allylic oxidation sites excluding steroid dienone is 2. The molecule has 0 aromatic carbocycles. The molecule has 0 amide bonds. The van der Waals surface area contributed by atoms with Crippen LogP contribution in [0.3, 0.4) is 0 Å². The van der Waals surface area contributed by atoms with Crippen LogP contribution in [-0.2, 0) is 32.7 Å². The fraction of sp³-hybridized carbons (Fsp3) is 0.879. The van der Waals surface area contributed by atoms with Gasteiger partial charge in [0.25, 0.3) is 0 Å². The van der Waals surface area contributed by atoms with E-state index >= 15 is 0 Å². The van der Waals surface area contributed by atoms with Gasteiger partial charge in [-0.3, -0.25) is 18.6 Å². The molecule has 0 heterocycles. The van der Waals surface area contributed by atoms with E-state index in [-0.39, 0.29) is 19.4 Å². The number of hydrogen-bond acceptors (Lipinski definition) is 9. The Labute approximate surface area is 266 Å². The van der Waals surface area contributed by atoms with Crippen LogP contribution in [0.1, 0.15) is 149 Å². The third-order valence-electron chi connectivity index (χ3n) is 7.26. The average Bonchev–Trinajstić information content (AvgIpc) is 3.00. The smallest absolute Gasteiger partial charge is 0.462 e. The summed E-state index contributed by atoms with van der Waals surface area (Å²) in [6.07, 6.45) is 23.5. The molecule has 0 radical (unpaired) electrons. The molecule has 3 atom stereocenters. The number of phosphoric ester groups is 1. The SMILES string of the molecule is C/C=C\CCCCCCCCCC(=O)O[C@H](COC(=O)CCCCCCCCCCCCC)COP(=O)(O)OC[C@@H](O)CO. The Balaban J connectivity index is 4.41. The van der Waals surface area contributed by atoms with Crippen molar-refractivity contribution in [1.82, 2.24) is 0 Å². The van der Waals surface area contributed by atoms with Crippen molar-refractivity contribution >= 4 is 19.8 Å². The molecule has 0 aliphatic rings. The molecule has 0 bridgehead atoms. The highest BCUT2D eigenvalue weighted by Crippen LogP contribution is 2.43. The molecule has 0 rings (SSSR count). The van der Waals surface area contributed by atoms with Crippen LogP contribution in [0.5, 0.6) is 0 Å². The standard InChI is InChI=1S/C33H63O10P/c1-3-5-7-9-11-13-15-17-18-20-22-24-32(36)40-28-31(29-42-44(38,39)41-27-30(35)26-34)43-33(37)25-23-21-19-16-14-12-10-8-6-4-2/h4,6,30-31,34-35H,3,5,7-29H2,1-2H3,(H,38,39)/b6-4-/t30-,31+/m0/s1. The maximum atomic E-state index is 12.4. The molecule has 3 N–H and O–H groups in total. The van der Waals surface area contributed by atoms with Crippen LogP contribution in [-0.4, -0.2) is 65.7 Å². The van der Waals surface area contributed by atoms with Crippen LogP contribution < -0.4 is 0 Å². The molecule has 0 aliphatic carbocycles. The van der Waals surface area contributed by atoms with E-state index < -0.39 is 51.8 Å². The molecule has 1 unspecified atom stereocenters. The molecule has 0 aromatic rings. The lowest BCUT2D eigenvalue weighted by atomic mass is 10.1. The molecule has 0 saturated carbocycles. The number of carbonyl (C=O) groups excluding carboxylic acids is 2. The van der Waals surface area contributed by atoms with E-state index in [1.54, 1.807) is 0 Å². The lowest BCUT2D eigenvalue weighted by molar-refractivity contribution is -0.161. The van der Waals surface area contributed by atoms with Crippen LogP contribution in [0.4, 0.5) is 0 Å². The summed E-state index contributed by atoms with van der Waals surface area (Å²) < 4.78 is 32.4. The Morgan fingerprint density at radius 1 is 0.705 bits per heavy atom. The minimum absolute atomic E-state index is 0.181. The predicted molar refractivity (Wildman–Crippen MR) is 173 cm³/mol. The summed E-state index contributed by atoms with van der Waals surface area (Å²) in [4.78, 5) is 34.6. The van der Waals surface area contributed by atoms with Gasteiger partial charge in [0.05, 0.1) is 19.8 Å². The van der Waals surface area contributed by atoms with Crippen molar-refractivity contribution in [2.45, 2.75) is 161 Å². The van der Waals surface area contributed by atoms with E-state index in [4.69, 9.17) is 19.1 Å². The second kappa shape index (κ2) is 30.4. The Bertz CT molecular complexity index is 761. The maximum absolute atomic E-state index is 12.4. The first-order valence-electron chi connectivity index (χ1n) is 17.1. The zero-order valence-corrected chi connectivity index (χ0v) is 28.5. The molecule has 0 aliphatic heterocycles. The highest BCUT2D eigenvalue weighted by Gasteiger charge is 2.27. The molecule has 0 aromatic heterocycles. The van der Waals surface area contributed by atoms with Crippen molar-refractivity contribution in [1.29, 1.82) is 0 Å². The van der Waals surface area contributed by atoms with E-state index in [0.717, 1.165) is 44.9 Å². The molecule has 11 heteroatoms. The van der Waals surface area contributed by atoms with Gasteiger partial charge in [0.1, 0.15) is 12.7 Å². The normalized spacial score (nSPS) is 14.4. The van der Waals surface area contributed by atoms with Crippen LogP contribution in [0.2, 0.25) is 0 Å². The van der Waals surface area contributed by atoms with Crippen LogP contribution in [0.15, 0.2) is 12.2 Å². The quantitative estimate of drug-likeness (QED) is 0.0286. The molecule has 0 spiro atoms. The first kappa shape index (κ1) is 42.7. The molecule has 0 saturated heterocycles. The van der Waals surface area contributed by atoms with Gasteiger partial charge in [0.15, 0.2) is 6.10 Å². The summed E-state index contributed by atoms with van der Waals surface area (Å²) in [7, 11) is -4.60.